The van der Waals surface area contributed by atoms with Gasteiger partial charge < -0.3 is 4.74 Å². The summed E-state index contributed by atoms with van der Waals surface area (Å²) in [5.41, 5.74) is 0.887. The Kier molecular flexibility index (Phi) is 3.11. The molecule has 0 bridgehead atoms. The summed E-state index contributed by atoms with van der Waals surface area (Å²) in [6.07, 6.45) is 2.85. The van der Waals surface area contributed by atoms with Crippen molar-refractivity contribution in [2.24, 2.45) is 0 Å². The van der Waals surface area contributed by atoms with Gasteiger partial charge in [0.25, 0.3) is 0 Å². The molecule has 1 saturated carbocycles. The minimum Gasteiger partial charge on any atom is -0.496 e. The maximum atomic E-state index is 13.3. The summed E-state index contributed by atoms with van der Waals surface area (Å²) in [4.78, 5) is 0. The minimum absolute atomic E-state index is 0.0557. The number of hydrogen-bond acceptors (Lipinski definition) is 1. The molecule has 1 aliphatic carbocycles. The van der Waals surface area contributed by atoms with E-state index in [2.05, 4.69) is 6.92 Å². The lowest BCUT2D eigenvalue weighted by Crippen LogP contribution is -2.19. The van der Waals surface area contributed by atoms with E-state index in [9.17, 15) is 4.39 Å². The van der Waals surface area contributed by atoms with Crippen molar-refractivity contribution < 1.29 is 9.13 Å². The van der Waals surface area contributed by atoms with E-state index >= 15 is 0 Å². The zero-order valence-electron chi connectivity index (χ0n) is 9.59. The number of methoxy groups -OCH3 is 1. The first-order valence-corrected chi connectivity index (χ1v) is 5.97. The van der Waals surface area contributed by atoms with Crippen LogP contribution in [0.2, 0.25) is 0 Å². The van der Waals surface area contributed by atoms with Crippen LogP contribution in [0.15, 0.2) is 18.2 Å². The molecule has 0 heterocycles. The van der Waals surface area contributed by atoms with Gasteiger partial charge in [-0.05, 0) is 42.9 Å². The highest BCUT2D eigenvalue weighted by Crippen LogP contribution is 2.46. The largest absolute Gasteiger partial charge is 0.496 e. The molecule has 0 spiro atoms. The smallest absolute Gasteiger partial charge is 0.123 e. The second-order valence-electron chi connectivity index (χ2n) is 4.75. The fraction of sp³-hybridized carbons (Fsp3) is 0.538. The van der Waals surface area contributed by atoms with E-state index in [0.29, 0.717) is 0 Å². The summed E-state index contributed by atoms with van der Waals surface area (Å²) in [5, 5.41) is 0.193. The Labute approximate surface area is 101 Å². The molecule has 0 radical (unpaired) electrons. The van der Waals surface area contributed by atoms with Gasteiger partial charge in [0.15, 0.2) is 0 Å². The normalized spacial score (nSPS) is 29.4. The molecule has 2 atom stereocenters. The Balaban J connectivity index is 2.42. The van der Waals surface area contributed by atoms with Crippen LogP contribution in [-0.2, 0) is 5.41 Å². The van der Waals surface area contributed by atoms with E-state index in [1.54, 1.807) is 19.2 Å². The maximum absolute atomic E-state index is 13.3. The number of ether oxygens (including phenoxy) is 1. The third-order valence-electron chi connectivity index (χ3n) is 3.49. The van der Waals surface area contributed by atoms with Gasteiger partial charge in [-0.2, -0.15) is 0 Å². The summed E-state index contributed by atoms with van der Waals surface area (Å²) in [6.45, 7) is 2.13. The van der Waals surface area contributed by atoms with Gasteiger partial charge in [-0.3, -0.25) is 0 Å². The number of benzene rings is 1. The van der Waals surface area contributed by atoms with Crippen LogP contribution in [-0.4, -0.2) is 12.5 Å². The van der Waals surface area contributed by atoms with Gasteiger partial charge in [0.2, 0.25) is 0 Å². The number of rotatable bonds is 2. The molecule has 16 heavy (non-hydrogen) atoms. The molecule has 2 unspecified atom stereocenters. The molecular weight excluding hydrogens is 227 g/mol. The molecule has 0 N–H and O–H groups in total. The SMILES string of the molecule is COc1ccc(F)cc1C1(C)CCC(Cl)C1. The van der Waals surface area contributed by atoms with Crippen molar-refractivity contribution in [3.05, 3.63) is 29.6 Å². The van der Waals surface area contributed by atoms with Gasteiger partial charge >= 0.3 is 0 Å². The van der Waals surface area contributed by atoms with Gasteiger partial charge in [0.1, 0.15) is 11.6 Å². The number of halogens is 2. The molecule has 3 heteroatoms. The zero-order valence-corrected chi connectivity index (χ0v) is 10.4. The maximum Gasteiger partial charge on any atom is 0.123 e. The molecule has 1 aromatic rings. The van der Waals surface area contributed by atoms with Crippen molar-refractivity contribution in [3.8, 4) is 5.75 Å². The monoisotopic (exact) mass is 242 g/mol. The Morgan fingerprint density at radius 2 is 2.25 bits per heavy atom. The highest BCUT2D eigenvalue weighted by atomic mass is 35.5. The van der Waals surface area contributed by atoms with Crippen LogP contribution in [0.5, 0.6) is 5.75 Å². The zero-order chi connectivity index (χ0) is 11.8. The molecular formula is C13H16ClFO. The first-order chi connectivity index (χ1) is 7.55. The third-order valence-corrected chi connectivity index (χ3v) is 3.87. The van der Waals surface area contributed by atoms with E-state index < -0.39 is 0 Å². The van der Waals surface area contributed by atoms with Crippen molar-refractivity contribution in [2.45, 2.75) is 37.0 Å². The summed E-state index contributed by atoms with van der Waals surface area (Å²) in [7, 11) is 1.62. The lowest BCUT2D eigenvalue weighted by molar-refractivity contribution is 0.384. The first-order valence-electron chi connectivity index (χ1n) is 5.53. The lowest BCUT2D eigenvalue weighted by atomic mass is 9.80. The molecule has 2 rings (SSSR count). The van der Waals surface area contributed by atoms with Crippen molar-refractivity contribution in [3.63, 3.8) is 0 Å². The van der Waals surface area contributed by atoms with Crippen LogP contribution in [0.3, 0.4) is 0 Å². The fourth-order valence-electron chi connectivity index (χ4n) is 2.56. The standard InChI is InChI=1S/C13H16ClFO/c1-13(6-5-9(14)8-13)11-7-10(15)3-4-12(11)16-2/h3-4,7,9H,5-6,8H2,1-2H3. The molecule has 1 aliphatic rings. The van der Waals surface area contributed by atoms with E-state index in [0.717, 1.165) is 30.6 Å². The van der Waals surface area contributed by atoms with Crippen LogP contribution >= 0.6 is 11.6 Å². The van der Waals surface area contributed by atoms with Crippen LogP contribution in [0.25, 0.3) is 0 Å². The van der Waals surface area contributed by atoms with E-state index in [4.69, 9.17) is 16.3 Å². The van der Waals surface area contributed by atoms with Crippen LogP contribution in [0.4, 0.5) is 4.39 Å². The second kappa shape index (κ2) is 4.25. The van der Waals surface area contributed by atoms with Gasteiger partial charge in [0, 0.05) is 10.9 Å². The first kappa shape index (κ1) is 11.7. The van der Waals surface area contributed by atoms with Crippen LogP contribution < -0.4 is 4.74 Å². The predicted octanol–water partition coefficient (Wildman–Crippen LogP) is 3.88. The molecule has 1 nitrogen and oxygen atoms in total. The number of alkyl halides is 1. The molecule has 88 valence electrons. The summed E-state index contributed by atoms with van der Waals surface area (Å²) in [6, 6.07) is 4.70. The average Bonchev–Trinajstić information content (AvgIpc) is 2.60. The topological polar surface area (TPSA) is 9.23 Å². The van der Waals surface area contributed by atoms with Gasteiger partial charge in [-0.1, -0.05) is 6.92 Å². The van der Waals surface area contributed by atoms with Crippen molar-refractivity contribution in [1.82, 2.24) is 0 Å². The van der Waals surface area contributed by atoms with Crippen molar-refractivity contribution in [1.29, 1.82) is 0 Å². The molecule has 0 amide bonds. The fourth-order valence-corrected chi connectivity index (χ4v) is 3.01. The summed E-state index contributed by atoms with van der Waals surface area (Å²) in [5.74, 6) is 0.546. The minimum atomic E-state index is -0.213. The Morgan fingerprint density at radius 3 is 2.81 bits per heavy atom. The van der Waals surface area contributed by atoms with Crippen LogP contribution in [0.1, 0.15) is 31.7 Å². The third kappa shape index (κ3) is 2.03. The van der Waals surface area contributed by atoms with E-state index in [-0.39, 0.29) is 16.6 Å². The van der Waals surface area contributed by atoms with Gasteiger partial charge in [0.05, 0.1) is 7.11 Å². The van der Waals surface area contributed by atoms with Gasteiger partial charge in [-0.15, -0.1) is 11.6 Å². The number of hydrogen-bond donors (Lipinski definition) is 0. The molecule has 0 saturated heterocycles. The molecule has 0 aromatic heterocycles. The quantitative estimate of drug-likeness (QED) is 0.715. The Bertz CT molecular complexity index is 394. The highest BCUT2D eigenvalue weighted by Gasteiger charge is 2.37. The van der Waals surface area contributed by atoms with E-state index in [1.165, 1.54) is 6.07 Å². The van der Waals surface area contributed by atoms with Crippen LogP contribution in [0, 0.1) is 5.82 Å². The average molecular weight is 243 g/mol. The lowest BCUT2D eigenvalue weighted by Gasteiger charge is -2.26. The molecule has 0 aliphatic heterocycles. The summed E-state index contributed by atoms with van der Waals surface area (Å²) < 4.78 is 18.6. The molecule has 1 fully saturated rings. The van der Waals surface area contributed by atoms with Crippen molar-refractivity contribution in [2.75, 3.05) is 7.11 Å². The summed E-state index contributed by atoms with van der Waals surface area (Å²) >= 11 is 6.15. The molecule has 1 aromatic carbocycles. The highest BCUT2D eigenvalue weighted by molar-refractivity contribution is 6.20. The Morgan fingerprint density at radius 1 is 1.50 bits per heavy atom. The second-order valence-corrected chi connectivity index (χ2v) is 5.36. The Hall–Kier alpha value is -0.760. The van der Waals surface area contributed by atoms with Crippen molar-refractivity contribution >= 4 is 11.6 Å². The predicted molar refractivity (Wildman–Crippen MR) is 63.8 cm³/mol. The van der Waals surface area contributed by atoms with Gasteiger partial charge in [-0.25, -0.2) is 4.39 Å². The van der Waals surface area contributed by atoms with E-state index in [1.807, 2.05) is 0 Å².